The molecule has 0 aliphatic rings. The van der Waals surface area contributed by atoms with E-state index < -0.39 is 91.5 Å². The number of nitrogens with one attached hydrogen (secondary N) is 1. The predicted molar refractivity (Wildman–Crippen MR) is 206 cm³/mol. The normalized spacial score (nSPS) is 11.6. The first kappa shape index (κ1) is 63.4. The molecule has 0 spiro atoms. The maximum atomic E-state index is 12.8. The smallest absolute Gasteiger partial charge is 0.744 e. The fourth-order valence-electron chi connectivity index (χ4n) is 4.75. The summed E-state index contributed by atoms with van der Waals surface area (Å²) in [7, 11) is -15.3. The third kappa shape index (κ3) is 17.9. The van der Waals surface area contributed by atoms with Crippen LogP contribution in [0.3, 0.4) is 0 Å². The molecule has 0 saturated heterocycles. The number of anilines is 4. The molecule has 7 N–H and O–H groups in total. The van der Waals surface area contributed by atoms with E-state index in [9.17, 15) is 49.7 Å². The number of pyridine rings is 1. The Morgan fingerprint density at radius 1 is 0.791 bits per heavy atom. The number of hydrogen-bond acceptors (Lipinski definition) is 28. The van der Waals surface area contributed by atoms with Crippen molar-refractivity contribution in [2.24, 2.45) is 26.2 Å². The second-order valence-corrected chi connectivity index (χ2v) is 17.9. The summed E-state index contributed by atoms with van der Waals surface area (Å²) in [6.45, 7) is -0.587. The minimum Gasteiger partial charge on any atom is -0.744 e. The largest absolute Gasteiger partial charge is 1.00 e. The SMILES string of the molecule is NC(=O)c1ccc[n+](-c2nc(Cl)nc(Nc3ccc(SOO[O-])c(N=Nc4c(N)c(N=Nc5ccc(S(=O)(=O)CCOSOO[O-])cc5S(=O)(=O)[O-])cc(S(=O)(=O)[O-])c4N)c3)n2)c1.[Na+].[Na+].[Na+].[Na+]. The van der Waals surface area contributed by atoms with Gasteiger partial charge in [-0.1, -0.05) is 0 Å². The van der Waals surface area contributed by atoms with Gasteiger partial charge in [-0.15, -0.1) is 24.8 Å². The van der Waals surface area contributed by atoms with E-state index in [4.69, 9.17) is 28.8 Å². The van der Waals surface area contributed by atoms with Gasteiger partial charge in [0.05, 0.1) is 73.3 Å². The molecule has 67 heavy (non-hydrogen) atoms. The van der Waals surface area contributed by atoms with Crippen LogP contribution in [0.2, 0.25) is 5.28 Å². The molecule has 0 bridgehead atoms. The van der Waals surface area contributed by atoms with E-state index in [1.807, 2.05) is 0 Å². The standard InChI is InChI=1S/C29H25ClN12O16S5.4Na/c30-27-35-28(37-29(36-27)42-7-1-2-14(13-42)26(33)43)34-15-3-6-20(59-57-55-44)18(10-15)39-41-25-23(31)19(12-22(24(25)32)63(51,52)53)40-38-17-5-4-16(11-21(17)62(48,49)50)61(46,47)9-8-54-60-58-56-45;;;;/h1-7,10-13H,8-9H2,(H10-,31,32,33,34,35,36,37,38,39,43,44,45,48,49,50,51,52,53);;;;/q;4*+1/p-3. The number of hydrogen-bond donors (Lipinski definition) is 4. The molecule has 0 saturated carbocycles. The number of nitrogen functional groups attached to an aromatic ring is 2. The third-order valence-corrected chi connectivity index (χ3v) is 12.1. The molecule has 2 aromatic heterocycles. The first-order chi connectivity index (χ1) is 29.7. The van der Waals surface area contributed by atoms with Crippen LogP contribution in [0.25, 0.3) is 5.95 Å². The van der Waals surface area contributed by atoms with Crippen molar-refractivity contribution in [3.8, 4) is 5.95 Å². The van der Waals surface area contributed by atoms with Gasteiger partial charge in [-0.3, -0.25) is 19.1 Å². The van der Waals surface area contributed by atoms with Crippen LogP contribution in [0.1, 0.15) is 10.4 Å². The van der Waals surface area contributed by atoms with Crippen molar-refractivity contribution < 1.29 is 195 Å². The summed E-state index contributed by atoms with van der Waals surface area (Å²) in [6, 6.07) is 9.59. The monoisotopic (exact) mass is 1080 g/mol. The van der Waals surface area contributed by atoms with Gasteiger partial charge in [0.1, 0.15) is 43.0 Å². The number of primary amides is 1. The fourth-order valence-corrected chi connectivity index (χ4v) is 8.08. The number of nitrogens with zero attached hydrogens (tertiary/aromatic N) is 8. The van der Waals surface area contributed by atoms with E-state index in [1.54, 1.807) is 0 Å². The number of amides is 1. The topological polar surface area (TPSA) is 440 Å². The van der Waals surface area contributed by atoms with Crippen molar-refractivity contribution in [3.05, 3.63) is 77.8 Å². The summed E-state index contributed by atoms with van der Waals surface area (Å²) in [5, 5.41) is 44.7. The van der Waals surface area contributed by atoms with Gasteiger partial charge in [0.2, 0.25) is 0 Å². The van der Waals surface area contributed by atoms with Crippen LogP contribution in [-0.2, 0) is 53.0 Å². The van der Waals surface area contributed by atoms with E-state index in [0.717, 1.165) is 12.1 Å². The summed E-state index contributed by atoms with van der Waals surface area (Å²) >= 11 is 6.49. The molecule has 0 aliphatic heterocycles. The van der Waals surface area contributed by atoms with Gasteiger partial charge in [-0.2, -0.15) is 9.32 Å². The average Bonchev–Trinajstić information content (AvgIpc) is 3.22. The van der Waals surface area contributed by atoms with Crippen molar-refractivity contribution in [2.75, 3.05) is 29.1 Å². The minimum atomic E-state index is -5.49. The number of sulfone groups is 1. The van der Waals surface area contributed by atoms with Crippen molar-refractivity contribution in [1.29, 1.82) is 0 Å². The molecule has 3 aromatic carbocycles. The molecule has 0 aliphatic carbocycles. The summed E-state index contributed by atoms with van der Waals surface area (Å²) < 4.78 is 113. The van der Waals surface area contributed by atoms with Gasteiger partial charge >= 0.3 is 135 Å². The molecular weight excluding hydrogens is 1060 g/mol. The van der Waals surface area contributed by atoms with E-state index in [1.165, 1.54) is 47.3 Å². The van der Waals surface area contributed by atoms with E-state index in [0.29, 0.717) is 24.2 Å². The first-order valence-corrected chi connectivity index (χ1v) is 22.3. The Morgan fingerprint density at radius 3 is 2.09 bits per heavy atom. The Kier molecular flexibility index (Phi) is 26.9. The molecule has 0 unspecified atom stereocenters. The minimum absolute atomic E-state index is 0. The summed E-state index contributed by atoms with van der Waals surface area (Å²) in [6.07, 6.45) is 2.84. The number of aromatic nitrogens is 4. The number of rotatable bonds is 20. The molecular formula is C29H22ClN12Na4O16S5+. The second kappa shape index (κ2) is 28.4. The second-order valence-electron chi connectivity index (χ2n) is 11.5. The molecule has 38 heteroatoms. The van der Waals surface area contributed by atoms with Crippen molar-refractivity contribution in [1.82, 2.24) is 15.0 Å². The number of nitrogens with two attached hydrogens (primary N) is 3. The number of benzene rings is 3. The summed E-state index contributed by atoms with van der Waals surface area (Å²) in [5.74, 6) is -1.71. The maximum absolute atomic E-state index is 12.8. The Labute approximate surface area is 480 Å². The number of halogens is 1. The zero-order valence-corrected chi connectivity index (χ0v) is 47.4. The van der Waals surface area contributed by atoms with Crippen LogP contribution in [0, 0.1) is 0 Å². The Hall–Kier alpha value is -1.63. The van der Waals surface area contributed by atoms with Gasteiger partial charge in [-0.05, 0) is 76.2 Å². The zero-order chi connectivity index (χ0) is 46.1. The molecule has 28 nitrogen and oxygen atoms in total. The van der Waals surface area contributed by atoms with Crippen LogP contribution in [0.5, 0.6) is 0 Å². The van der Waals surface area contributed by atoms with Crippen molar-refractivity contribution in [2.45, 2.75) is 19.6 Å². The Morgan fingerprint density at radius 2 is 1.45 bits per heavy atom. The number of carbonyl (C=O) groups is 1. The zero-order valence-electron chi connectivity index (χ0n) is 34.5. The number of carbonyl (C=O) groups excluding carboxylic acids is 1. The van der Waals surface area contributed by atoms with E-state index >= 15 is 0 Å². The predicted octanol–water partition coefficient (Wildman–Crippen LogP) is -10.7. The quantitative estimate of drug-likeness (QED) is 0.00647. The van der Waals surface area contributed by atoms with Gasteiger partial charge < -0.3 is 42.1 Å². The molecule has 5 rings (SSSR count). The molecule has 5 aromatic rings. The Balaban J connectivity index is 0.00000561. The van der Waals surface area contributed by atoms with Gasteiger partial charge in [0.15, 0.2) is 22.2 Å². The third-order valence-electron chi connectivity index (χ3n) is 7.49. The van der Waals surface area contributed by atoms with Crippen molar-refractivity contribution >= 4 is 118 Å². The van der Waals surface area contributed by atoms with Crippen LogP contribution in [0.4, 0.5) is 45.8 Å². The summed E-state index contributed by atoms with van der Waals surface area (Å²) in [4.78, 5) is 21.0. The first-order valence-electron chi connectivity index (χ1n) is 16.1. The Bertz CT molecular complexity index is 2970. The van der Waals surface area contributed by atoms with Crippen LogP contribution in [-0.4, -0.2) is 67.6 Å². The molecule has 2 heterocycles. The van der Waals surface area contributed by atoms with Crippen LogP contribution < -0.4 is 156 Å². The van der Waals surface area contributed by atoms with Gasteiger partial charge in [0, 0.05) is 5.69 Å². The number of azo groups is 2. The average molecular weight is 1080 g/mol. The van der Waals surface area contributed by atoms with Gasteiger partial charge in [-0.25, -0.2) is 29.8 Å². The van der Waals surface area contributed by atoms with E-state index in [-0.39, 0.29) is 170 Å². The molecule has 0 radical (unpaired) electrons. The molecule has 0 atom stereocenters. The molecule has 334 valence electrons. The molecule has 0 fully saturated rings. The van der Waals surface area contributed by atoms with E-state index in [2.05, 4.69) is 63.7 Å². The maximum Gasteiger partial charge on any atom is 1.00 e. The van der Waals surface area contributed by atoms with Crippen LogP contribution >= 0.6 is 36.0 Å². The van der Waals surface area contributed by atoms with Crippen molar-refractivity contribution in [3.63, 3.8) is 0 Å². The van der Waals surface area contributed by atoms with Gasteiger partial charge in [0.25, 0.3) is 5.91 Å². The fraction of sp³-hybridized carbons (Fsp3) is 0.0690. The molecule has 1 amide bonds. The van der Waals surface area contributed by atoms with Crippen LogP contribution in [0.15, 0.2) is 107 Å². The summed E-state index contributed by atoms with van der Waals surface area (Å²) in [5.41, 5.74) is 14.0.